The number of likely N-dealkylation sites (N-methyl/N-ethyl adjacent to an activating group) is 1. The van der Waals surface area contributed by atoms with E-state index in [-0.39, 0.29) is 13.0 Å². The zero-order valence-electron chi connectivity index (χ0n) is 20.0. The third kappa shape index (κ3) is 6.13. The molecule has 1 aliphatic rings. The molecule has 1 saturated heterocycles. The maximum atomic E-state index is 11.4. The fourth-order valence-corrected chi connectivity index (χ4v) is 4.35. The molecule has 0 amide bonds. The fraction of sp³-hybridized carbons (Fsp3) is 0.417. The highest BCUT2D eigenvalue weighted by Gasteiger charge is 2.49. The van der Waals surface area contributed by atoms with Crippen LogP contribution in [0.15, 0.2) is 80.5 Å². The number of hydrogen-bond donors (Lipinski definition) is 3. The van der Waals surface area contributed by atoms with Gasteiger partial charge in [0.1, 0.15) is 30.8 Å². The van der Waals surface area contributed by atoms with Gasteiger partial charge in [0.15, 0.2) is 0 Å². The van der Waals surface area contributed by atoms with Crippen LogP contribution in [0.5, 0.6) is 0 Å². The van der Waals surface area contributed by atoms with E-state index in [1.54, 1.807) is 13.1 Å². The van der Waals surface area contributed by atoms with E-state index in [0.717, 1.165) is 28.2 Å². The summed E-state index contributed by atoms with van der Waals surface area (Å²) in [5, 5.41) is 14.6. The number of hydrogen-bond acceptors (Lipinski definition) is 11. The van der Waals surface area contributed by atoms with E-state index in [1.807, 2.05) is 49.4 Å². The van der Waals surface area contributed by atoms with Gasteiger partial charge in [-0.15, -0.1) is 0 Å². The van der Waals surface area contributed by atoms with Gasteiger partial charge in [0.25, 0.3) is 0 Å². The number of nitrogens with one attached hydrogen (secondary N) is 2. The minimum atomic E-state index is -1.32. The van der Waals surface area contributed by atoms with Crippen molar-refractivity contribution in [3.8, 4) is 11.3 Å². The molecule has 1 aromatic heterocycles. The van der Waals surface area contributed by atoms with Gasteiger partial charge in [-0.25, -0.2) is 0 Å². The number of nitrogens with two attached hydrogens (primary N) is 1. The van der Waals surface area contributed by atoms with Crippen molar-refractivity contribution >= 4 is 5.69 Å². The molecule has 0 radical (unpaired) electrons. The van der Waals surface area contributed by atoms with E-state index < -0.39 is 30.3 Å². The molecule has 0 spiro atoms. The molecule has 1 aromatic carbocycles. The largest absolute Gasteiger partial charge is 0.399 e. The molecule has 1 aliphatic heterocycles. The highest BCUT2D eigenvalue weighted by atomic mass is 16.5. The molecule has 0 saturated carbocycles. The number of rotatable bonds is 12. The van der Waals surface area contributed by atoms with E-state index in [2.05, 4.69) is 31.0 Å². The smallest absolute Gasteiger partial charge is 0.149 e. The molecule has 0 aliphatic carbocycles. The summed E-state index contributed by atoms with van der Waals surface area (Å²) < 4.78 is 5.71. The van der Waals surface area contributed by atoms with Crippen molar-refractivity contribution < 1.29 is 4.74 Å². The first-order chi connectivity index (χ1) is 17.4. The molecule has 3 rings (SSSR count). The first-order valence-corrected chi connectivity index (χ1v) is 11.5. The van der Waals surface area contributed by atoms with Crippen LogP contribution in [-0.2, 0) is 11.2 Å². The van der Waals surface area contributed by atoms with Gasteiger partial charge in [0, 0.05) is 36.2 Å². The summed E-state index contributed by atoms with van der Waals surface area (Å²) >= 11 is 0. The van der Waals surface area contributed by atoms with Gasteiger partial charge in [0.2, 0.25) is 0 Å². The number of nitroso groups, excluding NO2 is 4. The van der Waals surface area contributed by atoms with E-state index >= 15 is 0 Å². The van der Waals surface area contributed by atoms with Crippen molar-refractivity contribution in [2.75, 3.05) is 19.3 Å². The zero-order chi connectivity index (χ0) is 26.1. The van der Waals surface area contributed by atoms with Crippen LogP contribution in [0.25, 0.3) is 11.3 Å². The van der Waals surface area contributed by atoms with E-state index in [9.17, 15) is 19.6 Å². The number of aromatic nitrogens is 1. The summed E-state index contributed by atoms with van der Waals surface area (Å²) in [4.78, 5) is 48.1. The van der Waals surface area contributed by atoms with Crippen LogP contribution < -0.4 is 11.1 Å². The normalized spacial score (nSPS) is 24.7. The standard InChI is InChI=1S/C24H29N7O5/c1-14(12-17-10-11-19(28-17)15-6-8-16(25)9-7-15)18(26-2)4-3-5-20-22(29-33)24(31-35)23(30-34)21(36-20)13-27-32/h3-4,6-11,20-24,26,28H,5,12-13,25H2,1-2H3/b4-3-,18-14-/t20?,21?,22-,23+,24+/m0/s1. The highest BCUT2D eigenvalue weighted by molar-refractivity contribution is 5.62. The summed E-state index contributed by atoms with van der Waals surface area (Å²) in [5.41, 5.74) is 11.4. The van der Waals surface area contributed by atoms with Crippen LogP contribution in [0.1, 0.15) is 19.0 Å². The van der Waals surface area contributed by atoms with Crippen molar-refractivity contribution in [2.24, 2.45) is 20.7 Å². The molecule has 12 heteroatoms. The summed E-state index contributed by atoms with van der Waals surface area (Å²) in [7, 11) is 1.79. The van der Waals surface area contributed by atoms with Gasteiger partial charge in [0.05, 0.1) is 6.10 Å². The topological polar surface area (TPSA) is 181 Å². The Morgan fingerprint density at radius 3 is 2.28 bits per heavy atom. The van der Waals surface area contributed by atoms with Crippen LogP contribution in [-0.4, -0.2) is 48.9 Å². The number of allylic oxidation sites excluding steroid dienone is 2. The fourth-order valence-electron chi connectivity index (χ4n) is 4.35. The van der Waals surface area contributed by atoms with Crippen LogP contribution in [0.4, 0.5) is 5.69 Å². The van der Waals surface area contributed by atoms with E-state index in [1.165, 1.54) is 0 Å². The minimum absolute atomic E-state index is 0.200. The second-order valence-electron chi connectivity index (χ2n) is 8.59. The quantitative estimate of drug-likeness (QED) is 0.224. The van der Waals surface area contributed by atoms with E-state index in [4.69, 9.17) is 10.5 Å². The average molecular weight is 496 g/mol. The van der Waals surface area contributed by atoms with Crippen molar-refractivity contribution in [1.29, 1.82) is 0 Å². The van der Waals surface area contributed by atoms with Gasteiger partial charge >= 0.3 is 0 Å². The number of benzene rings is 1. The number of nitrogens with zero attached hydrogens (tertiary/aromatic N) is 4. The Bertz CT molecular complexity index is 1130. The third-order valence-electron chi connectivity index (χ3n) is 6.24. The lowest BCUT2D eigenvalue weighted by molar-refractivity contribution is -0.0718. The number of anilines is 1. The number of H-pyrrole nitrogens is 1. The predicted octanol–water partition coefficient (Wildman–Crippen LogP) is 4.18. The van der Waals surface area contributed by atoms with Gasteiger partial charge in [-0.1, -0.05) is 38.9 Å². The van der Waals surface area contributed by atoms with Crippen molar-refractivity contribution in [2.45, 2.75) is 50.1 Å². The van der Waals surface area contributed by atoms with Crippen molar-refractivity contribution in [3.63, 3.8) is 0 Å². The lowest BCUT2D eigenvalue weighted by atomic mass is 9.88. The molecule has 4 N–H and O–H groups in total. The lowest BCUT2D eigenvalue weighted by Crippen LogP contribution is -2.55. The van der Waals surface area contributed by atoms with Crippen LogP contribution in [0, 0.1) is 19.6 Å². The second-order valence-corrected chi connectivity index (χ2v) is 8.59. The maximum Gasteiger partial charge on any atom is 0.149 e. The first-order valence-electron chi connectivity index (χ1n) is 11.5. The summed E-state index contributed by atoms with van der Waals surface area (Å²) in [6, 6.07) is 7.84. The summed E-state index contributed by atoms with van der Waals surface area (Å²) in [6.45, 7) is 1.61. The molecular formula is C24H29N7O5. The number of ether oxygens (including phenoxy) is 1. The molecule has 2 aromatic rings. The summed E-state index contributed by atoms with van der Waals surface area (Å²) in [6.07, 6.45) is 2.58. The van der Waals surface area contributed by atoms with Gasteiger partial charge in [-0.3, -0.25) is 0 Å². The number of aromatic amines is 1. The molecule has 190 valence electrons. The minimum Gasteiger partial charge on any atom is -0.399 e. The van der Waals surface area contributed by atoms with Crippen molar-refractivity contribution in [1.82, 2.24) is 10.3 Å². The Hall–Kier alpha value is -4.06. The molecule has 12 nitrogen and oxygen atoms in total. The molecule has 2 heterocycles. The molecule has 1 fully saturated rings. The predicted molar refractivity (Wildman–Crippen MR) is 138 cm³/mol. The van der Waals surface area contributed by atoms with Crippen LogP contribution in [0.3, 0.4) is 0 Å². The third-order valence-corrected chi connectivity index (χ3v) is 6.24. The SMILES string of the molecule is CNC(/C=C\CC1OC(CN=O)[C@@H](N=O)[C@H](N=O)[C@H]1N=O)=C(/C)Cc1ccc(-c2ccc(N)cc2)[nH]1. The van der Waals surface area contributed by atoms with Gasteiger partial charge < -0.3 is 20.8 Å². The molecule has 0 bridgehead atoms. The Kier molecular flexibility index (Phi) is 9.28. The van der Waals surface area contributed by atoms with Gasteiger partial charge in [-0.05, 0) is 54.8 Å². The zero-order valence-corrected chi connectivity index (χ0v) is 20.0. The Morgan fingerprint density at radius 1 is 1.00 bits per heavy atom. The Labute approximate surface area is 207 Å². The number of nitrogen functional groups attached to an aromatic ring is 1. The van der Waals surface area contributed by atoms with E-state index in [0.29, 0.717) is 12.1 Å². The lowest BCUT2D eigenvalue weighted by Gasteiger charge is -2.37. The van der Waals surface area contributed by atoms with Gasteiger partial charge in [-0.2, -0.15) is 19.6 Å². The first kappa shape index (κ1) is 26.5. The monoisotopic (exact) mass is 495 g/mol. The Morgan fingerprint density at radius 2 is 1.67 bits per heavy atom. The van der Waals surface area contributed by atoms with Crippen LogP contribution in [0.2, 0.25) is 0 Å². The van der Waals surface area contributed by atoms with Crippen molar-refractivity contribution in [3.05, 3.63) is 85.1 Å². The molecule has 5 atom stereocenters. The highest BCUT2D eigenvalue weighted by Crippen LogP contribution is 2.30. The molecule has 36 heavy (non-hydrogen) atoms. The maximum absolute atomic E-state index is 11.4. The molecular weight excluding hydrogens is 466 g/mol. The second kappa shape index (κ2) is 12.6. The van der Waals surface area contributed by atoms with Crippen LogP contribution >= 0.6 is 0 Å². The average Bonchev–Trinajstić information content (AvgIpc) is 3.34. The summed E-state index contributed by atoms with van der Waals surface area (Å²) in [5.74, 6) is 0. The Balaban J connectivity index is 1.71. The molecule has 2 unspecified atom stereocenters.